The number of hydrogen-bond donors (Lipinski definition) is 3. The molecule has 0 saturated carbocycles. The Balaban J connectivity index is 1.66. The second-order valence-corrected chi connectivity index (χ2v) is 7.86. The zero-order valence-electron chi connectivity index (χ0n) is 16.2. The van der Waals surface area contributed by atoms with E-state index in [0.717, 1.165) is 44.7 Å². The van der Waals surface area contributed by atoms with E-state index in [4.69, 9.17) is 11.6 Å². The van der Waals surface area contributed by atoms with E-state index in [-0.39, 0.29) is 0 Å². The number of allylic oxidation sites excluding steroid dienone is 2. The SMILES string of the molecule is CC1(O)C=C(c2ccnc3[nH]c(-c4cccnc4)cc23)C=C(c2ccccc2Cl)N1. The molecular weight excluding hydrogens is 396 g/mol. The van der Waals surface area contributed by atoms with E-state index < -0.39 is 5.72 Å². The zero-order valence-corrected chi connectivity index (χ0v) is 17.0. The van der Waals surface area contributed by atoms with Crippen LogP contribution in [0.25, 0.3) is 33.6 Å². The number of aliphatic hydroxyl groups is 1. The van der Waals surface area contributed by atoms with E-state index in [9.17, 15) is 5.11 Å². The standard InChI is InChI=1S/C24H19ClN4O/c1-24(30)13-16(11-22(29-24)18-6-2-3-7-20(18)25)17-8-10-27-23-19(17)12-21(28-23)15-5-4-9-26-14-15/h2-14,29-30H,1H3,(H,27,28). The highest BCUT2D eigenvalue weighted by Gasteiger charge is 2.26. The van der Waals surface area contributed by atoms with Crippen molar-refractivity contribution in [2.45, 2.75) is 12.6 Å². The van der Waals surface area contributed by atoms with Gasteiger partial charge in [0.2, 0.25) is 0 Å². The largest absolute Gasteiger partial charge is 0.368 e. The van der Waals surface area contributed by atoms with Crippen molar-refractivity contribution in [1.82, 2.24) is 20.3 Å². The molecule has 0 aliphatic carbocycles. The Morgan fingerprint density at radius 3 is 2.70 bits per heavy atom. The van der Waals surface area contributed by atoms with Crippen LogP contribution in [0.15, 0.2) is 79.3 Å². The van der Waals surface area contributed by atoms with Gasteiger partial charge in [0.15, 0.2) is 5.72 Å². The number of H-pyrrole nitrogens is 1. The van der Waals surface area contributed by atoms with Crippen molar-refractivity contribution in [3.63, 3.8) is 0 Å². The minimum absolute atomic E-state index is 0.619. The number of benzene rings is 1. The van der Waals surface area contributed by atoms with Crippen LogP contribution in [-0.2, 0) is 0 Å². The maximum Gasteiger partial charge on any atom is 0.152 e. The first kappa shape index (κ1) is 18.6. The average Bonchev–Trinajstić information content (AvgIpc) is 3.18. The summed E-state index contributed by atoms with van der Waals surface area (Å²) in [5.74, 6) is 0. The summed E-state index contributed by atoms with van der Waals surface area (Å²) in [5.41, 5.74) is 4.93. The Morgan fingerprint density at radius 1 is 1.03 bits per heavy atom. The van der Waals surface area contributed by atoms with Crippen LogP contribution in [0.1, 0.15) is 18.1 Å². The van der Waals surface area contributed by atoms with E-state index in [2.05, 4.69) is 26.3 Å². The maximum atomic E-state index is 10.9. The van der Waals surface area contributed by atoms with Crippen LogP contribution in [0.3, 0.4) is 0 Å². The van der Waals surface area contributed by atoms with E-state index in [0.29, 0.717) is 5.02 Å². The first-order valence-electron chi connectivity index (χ1n) is 9.59. The second-order valence-electron chi connectivity index (χ2n) is 7.46. The number of rotatable bonds is 3. The van der Waals surface area contributed by atoms with E-state index in [1.54, 1.807) is 25.4 Å². The quantitative estimate of drug-likeness (QED) is 0.440. The first-order valence-corrected chi connectivity index (χ1v) is 9.96. The molecule has 6 heteroatoms. The third kappa shape index (κ3) is 3.38. The van der Waals surface area contributed by atoms with Gasteiger partial charge in [0.1, 0.15) is 5.65 Å². The van der Waals surface area contributed by atoms with Crippen molar-refractivity contribution in [3.05, 3.63) is 95.4 Å². The molecule has 5 nitrogen and oxygen atoms in total. The molecule has 4 aromatic rings. The van der Waals surface area contributed by atoms with E-state index >= 15 is 0 Å². The number of dihydropyridines is 1. The van der Waals surface area contributed by atoms with Gasteiger partial charge in [-0.2, -0.15) is 0 Å². The molecule has 0 fully saturated rings. The van der Waals surface area contributed by atoms with Gasteiger partial charge in [-0.05, 0) is 60.5 Å². The molecule has 0 spiro atoms. The number of pyridine rings is 2. The van der Waals surface area contributed by atoms with Gasteiger partial charge < -0.3 is 15.4 Å². The minimum Gasteiger partial charge on any atom is -0.368 e. The topological polar surface area (TPSA) is 73.8 Å². The molecule has 1 aliphatic heterocycles. The lowest BCUT2D eigenvalue weighted by molar-refractivity contribution is 0.0925. The molecule has 0 amide bonds. The van der Waals surface area contributed by atoms with Crippen LogP contribution < -0.4 is 5.32 Å². The van der Waals surface area contributed by atoms with Crippen LogP contribution in [0, 0.1) is 0 Å². The predicted octanol–water partition coefficient (Wildman–Crippen LogP) is 5.01. The molecule has 1 aliphatic rings. The third-order valence-electron chi connectivity index (χ3n) is 5.10. The highest BCUT2D eigenvalue weighted by atomic mass is 35.5. The number of nitrogens with zero attached hydrogens (tertiary/aromatic N) is 2. The van der Waals surface area contributed by atoms with E-state index in [1.807, 2.05) is 54.7 Å². The van der Waals surface area contributed by atoms with Gasteiger partial charge in [-0.15, -0.1) is 0 Å². The van der Waals surface area contributed by atoms with Crippen molar-refractivity contribution < 1.29 is 5.11 Å². The lowest BCUT2D eigenvalue weighted by Gasteiger charge is -2.30. The summed E-state index contributed by atoms with van der Waals surface area (Å²) < 4.78 is 0. The number of hydrogen-bond acceptors (Lipinski definition) is 4. The average molecular weight is 415 g/mol. The molecule has 3 aromatic heterocycles. The van der Waals surface area contributed by atoms with Gasteiger partial charge in [0, 0.05) is 51.5 Å². The Labute approximate surface area is 178 Å². The van der Waals surface area contributed by atoms with Crippen LogP contribution in [0.5, 0.6) is 0 Å². The fourth-order valence-electron chi connectivity index (χ4n) is 3.78. The fourth-order valence-corrected chi connectivity index (χ4v) is 4.02. The first-order chi connectivity index (χ1) is 14.5. The summed E-state index contributed by atoms with van der Waals surface area (Å²) in [7, 11) is 0. The Kier molecular flexibility index (Phi) is 4.42. The molecule has 1 aromatic carbocycles. The normalized spacial score (nSPS) is 18.6. The summed E-state index contributed by atoms with van der Waals surface area (Å²) >= 11 is 6.41. The lowest BCUT2D eigenvalue weighted by Crippen LogP contribution is -2.41. The Bertz CT molecular complexity index is 1310. The maximum absolute atomic E-state index is 10.9. The van der Waals surface area contributed by atoms with Crippen LogP contribution in [-0.4, -0.2) is 25.8 Å². The molecule has 0 radical (unpaired) electrons. The number of aromatic nitrogens is 3. The van der Waals surface area contributed by atoms with Crippen LogP contribution in [0.2, 0.25) is 5.02 Å². The molecule has 148 valence electrons. The molecule has 30 heavy (non-hydrogen) atoms. The number of aromatic amines is 1. The van der Waals surface area contributed by atoms with Gasteiger partial charge in [-0.25, -0.2) is 4.98 Å². The summed E-state index contributed by atoms with van der Waals surface area (Å²) in [6.07, 6.45) is 9.14. The molecular formula is C24H19ClN4O. The number of fused-ring (bicyclic) bond motifs is 1. The molecule has 0 bridgehead atoms. The minimum atomic E-state index is -1.23. The van der Waals surface area contributed by atoms with Gasteiger partial charge >= 0.3 is 0 Å². The molecule has 0 saturated heterocycles. The van der Waals surface area contributed by atoms with Gasteiger partial charge in [-0.1, -0.05) is 29.8 Å². The lowest BCUT2D eigenvalue weighted by atomic mass is 9.94. The van der Waals surface area contributed by atoms with Gasteiger partial charge in [-0.3, -0.25) is 4.98 Å². The molecule has 4 heterocycles. The second kappa shape index (κ2) is 7.13. The monoisotopic (exact) mass is 414 g/mol. The van der Waals surface area contributed by atoms with Crippen molar-refractivity contribution in [2.75, 3.05) is 0 Å². The molecule has 5 rings (SSSR count). The Morgan fingerprint density at radius 2 is 1.90 bits per heavy atom. The number of halogens is 1. The smallest absolute Gasteiger partial charge is 0.152 e. The molecule has 1 atom stereocenters. The predicted molar refractivity (Wildman–Crippen MR) is 120 cm³/mol. The highest BCUT2D eigenvalue weighted by molar-refractivity contribution is 6.32. The molecule has 3 N–H and O–H groups in total. The number of nitrogens with one attached hydrogen (secondary N) is 2. The molecule has 1 unspecified atom stereocenters. The summed E-state index contributed by atoms with van der Waals surface area (Å²) in [6, 6.07) is 15.5. The van der Waals surface area contributed by atoms with Crippen molar-refractivity contribution >= 4 is 33.9 Å². The Hall–Kier alpha value is -3.41. The summed E-state index contributed by atoms with van der Waals surface area (Å²) in [6.45, 7) is 1.72. The van der Waals surface area contributed by atoms with Crippen molar-refractivity contribution in [1.29, 1.82) is 0 Å². The van der Waals surface area contributed by atoms with Crippen molar-refractivity contribution in [3.8, 4) is 11.3 Å². The third-order valence-corrected chi connectivity index (χ3v) is 5.43. The van der Waals surface area contributed by atoms with Crippen LogP contribution in [0.4, 0.5) is 0 Å². The van der Waals surface area contributed by atoms with Crippen LogP contribution >= 0.6 is 11.6 Å². The van der Waals surface area contributed by atoms with Gasteiger partial charge in [0.25, 0.3) is 0 Å². The fraction of sp³-hybridized carbons (Fsp3) is 0.0833. The van der Waals surface area contributed by atoms with Crippen molar-refractivity contribution in [2.24, 2.45) is 0 Å². The summed E-state index contributed by atoms with van der Waals surface area (Å²) in [5, 5.41) is 15.6. The summed E-state index contributed by atoms with van der Waals surface area (Å²) in [4.78, 5) is 12.1. The zero-order chi connectivity index (χ0) is 20.7. The van der Waals surface area contributed by atoms with Gasteiger partial charge in [0.05, 0.1) is 0 Å². The van der Waals surface area contributed by atoms with E-state index in [1.165, 1.54) is 0 Å². The highest BCUT2D eigenvalue weighted by Crippen LogP contribution is 2.35.